The smallest absolute Gasteiger partial charge is 0.251 e. The SMILES string of the molecule is CCCCCCCC(=O)Nc1cccc(C)c1C(N)=O. The first kappa shape index (κ1) is 16.2. The first-order valence-electron chi connectivity index (χ1n) is 7.25. The largest absolute Gasteiger partial charge is 0.366 e. The van der Waals surface area contributed by atoms with Crippen LogP contribution in [0, 0.1) is 6.92 Å². The fourth-order valence-electron chi connectivity index (χ4n) is 2.20. The molecule has 1 aromatic rings. The van der Waals surface area contributed by atoms with Gasteiger partial charge >= 0.3 is 0 Å². The number of carbonyl (C=O) groups is 2. The van der Waals surface area contributed by atoms with E-state index < -0.39 is 5.91 Å². The van der Waals surface area contributed by atoms with Gasteiger partial charge in [-0.05, 0) is 25.0 Å². The number of unbranched alkanes of at least 4 members (excludes halogenated alkanes) is 4. The zero-order valence-corrected chi connectivity index (χ0v) is 12.4. The molecule has 0 aromatic heterocycles. The predicted octanol–water partition coefficient (Wildman–Crippen LogP) is 3.39. The average Bonchev–Trinajstić information content (AvgIpc) is 2.38. The maximum Gasteiger partial charge on any atom is 0.251 e. The van der Waals surface area contributed by atoms with Crippen molar-refractivity contribution in [1.29, 1.82) is 0 Å². The highest BCUT2D eigenvalue weighted by atomic mass is 16.2. The molecule has 0 aliphatic heterocycles. The molecule has 110 valence electrons. The van der Waals surface area contributed by atoms with Gasteiger partial charge in [-0.25, -0.2) is 0 Å². The second-order valence-corrected chi connectivity index (χ2v) is 5.07. The number of amides is 2. The van der Waals surface area contributed by atoms with Gasteiger partial charge in [0.05, 0.1) is 11.3 Å². The van der Waals surface area contributed by atoms with Crippen LogP contribution in [0.2, 0.25) is 0 Å². The third-order valence-corrected chi connectivity index (χ3v) is 3.30. The third-order valence-electron chi connectivity index (χ3n) is 3.30. The number of aryl methyl sites for hydroxylation is 1. The van der Waals surface area contributed by atoms with E-state index in [4.69, 9.17) is 5.73 Å². The Labute approximate surface area is 120 Å². The summed E-state index contributed by atoms with van der Waals surface area (Å²) in [5, 5.41) is 2.78. The number of benzene rings is 1. The molecule has 0 heterocycles. The van der Waals surface area contributed by atoms with Crippen molar-refractivity contribution in [3.63, 3.8) is 0 Å². The van der Waals surface area contributed by atoms with E-state index in [1.54, 1.807) is 25.1 Å². The lowest BCUT2D eigenvalue weighted by Gasteiger charge is -2.11. The van der Waals surface area contributed by atoms with E-state index in [-0.39, 0.29) is 5.91 Å². The molecule has 0 atom stereocenters. The van der Waals surface area contributed by atoms with E-state index in [1.807, 2.05) is 0 Å². The number of hydrogen-bond donors (Lipinski definition) is 2. The second-order valence-electron chi connectivity index (χ2n) is 5.07. The fourth-order valence-corrected chi connectivity index (χ4v) is 2.20. The molecule has 4 nitrogen and oxygen atoms in total. The van der Waals surface area contributed by atoms with Crippen LogP contribution in [0.4, 0.5) is 5.69 Å². The number of nitrogens with one attached hydrogen (secondary N) is 1. The van der Waals surface area contributed by atoms with Crippen molar-refractivity contribution >= 4 is 17.5 Å². The third kappa shape index (κ3) is 5.03. The van der Waals surface area contributed by atoms with Crippen molar-refractivity contribution in [3.8, 4) is 0 Å². The van der Waals surface area contributed by atoms with Crippen LogP contribution in [0.1, 0.15) is 61.4 Å². The minimum absolute atomic E-state index is 0.0606. The molecule has 0 saturated heterocycles. The van der Waals surface area contributed by atoms with Gasteiger partial charge in [0.2, 0.25) is 5.91 Å². The standard InChI is InChI=1S/C16H24N2O2/c1-3-4-5-6-7-11-14(19)18-13-10-8-9-12(2)15(13)16(17)20/h8-10H,3-7,11H2,1-2H3,(H2,17,20)(H,18,19). The van der Waals surface area contributed by atoms with E-state index in [0.717, 1.165) is 18.4 Å². The topological polar surface area (TPSA) is 72.2 Å². The monoisotopic (exact) mass is 276 g/mol. The van der Waals surface area contributed by atoms with Crippen molar-refractivity contribution in [1.82, 2.24) is 0 Å². The summed E-state index contributed by atoms with van der Waals surface area (Å²) in [6.45, 7) is 3.97. The number of carbonyl (C=O) groups excluding carboxylic acids is 2. The van der Waals surface area contributed by atoms with Crippen molar-refractivity contribution in [2.75, 3.05) is 5.32 Å². The number of hydrogen-bond acceptors (Lipinski definition) is 2. The lowest BCUT2D eigenvalue weighted by Crippen LogP contribution is -2.19. The summed E-state index contributed by atoms with van der Waals surface area (Å²) < 4.78 is 0. The minimum atomic E-state index is -0.513. The van der Waals surface area contributed by atoms with Crippen molar-refractivity contribution in [2.24, 2.45) is 5.73 Å². The summed E-state index contributed by atoms with van der Waals surface area (Å²) in [5.74, 6) is -0.573. The Morgan fingerprint density at radius 3 is 2.50 bits per heavy atom. The molecule has 1 aromatic carbocycles. The molecule has 0 radical (unpaired) electrons. The first-order valence-corrected chi connectivity index (χ1v) is 7.25. The second kappa shape index (κ2) is 8.35. The number of primary amides is 1. The first-order chi connectivity index (χ1) is 9.56. The molecule has 0 aliphatic rings. The molecule has 0 bridgehead atoms. The Morgan fingerprint density at radius 1 is 1.15 bits per heavy atom. The summed E-state index contributed by atoms with van der Waals surface area (Å²) in [6, 6.07) is 5.32. The van der Waals surface area contributed by atoms with Gasteiger partial charge in [0, 0.05) is 6.42 Å². The molecule has 1 rings (SSSR count). The van der Waals surface area contributed by atoms with Crippen molar-refractivity contribution in [3.05, 3.63) is 29.3 Å². The van der Waals surface area contributed by atoms with Crippen molar-refractivity contribution < 1.29 is 9.59 Å². The molecule has 0 aliphatic carbocycles. The fraction of sp³-hybridized carbons (Fsp3) is 0.500. The Hall–Kier alpha value is -1.84. The Kier molecular flexibility index (Phi) is 6.77. The lowest BCUT2D eigenvalue weighted by atomic mass is 10.1. The highest BCUT2D eigenvalue weighted by Crippen LogP contribution is 2.19. The van der Waals surface area contributed by atoms with Gasteiger partial charge in [0.15, 0.2) is 0 Å². The van der Waals surface area contributed by atoms with Gasteiger partial charge in [-0.1, -0.05) is 44.7 Å². The Morgan fingerprint density at radius 2 is 1.85 bits per heavy atom. The van der Waals surface area contributed by atoms with Crippen LogP contribution in [-0.2, 0) is 4.79 Å². The lowest BCUT2D eigenvalue weighted by molar-refractivity contribution is -0.116. The molecule has 2 amide bonds. The summed E-state index contributed by atoms with van der Waals surface area (Å²) in [6.07, 6.45) is 6.00. The van der Waals surface area contributed by atoms with Crippen LogP contribution in [0.15, 0.2) is 18.2 Å². The van der Waals surface area contributed by atoms with E-state index in [9.17, 15) is 9.59 Å². The molecule has 0 spiro atoms. The maximum absolute atomic E-state index is 11.9. The number of nitrogens with two attached hydrogens (primary N) is 1. The molecule has 0 saturated carbocycles. The zero-order chi connectivity index (χ0) is 15.0. The maximum atomic E-state index is 11.9. The van der Waals surface area contributed by atoms with Crippen LogP contribution in [-0.4, -0.2) is 11.8 Å². The molecular formula is C16H24N2O2. The van der Waals surface area contributed by atoms with E-state index in [0.29, 0.717) is 17.7 Å². The van der Waals surface area contributed by atoms with Crippen LogP contribution in [0.5, 0.6) is 0 Å². The molecule has 4 heteroatoms. The van der Waals surface area contributed by atoms with Crippen molar-refractivity contribution in [2.45, 2.75) is 52.4 Å². The minimum Gasteiger partial charge on any atom is -0.366 e. The quantitative estimate of drug-likeness (QED) is 0.714. The molecule has 0 unspecified atom stereocenters. The molecule has 0 fully saturated rings. The van der Waals surface area contributed by atoms with Gasteiger partial charge in [-0.2, -0.15) is 0 Å². The number of anilines is 1. The Bertz CT molecular complexity index is 470. The van der Waals surface area contributed by atoms with Crippen LogP contribution in [0.25, 0.3) is 0 Å². The van der Waals surface area contributed by atoms with Gasteiger partial charge in [0.1, 0.15) is 0 Å². The van der Waals surface area contributed by atoms with Gasteiger partial charge in [0.25, 0.3) is 5.91 Å². The normalized spacial score (nSPS) is 10.3. The summed E-state index contributed by atoms with van der Waals surface area (Å²) in [7, 11) is 0. The molecular weight excluding hydrogens is 252 g/mol. The number of rotatable bonds is 8. The molecule has 20 heavy (non-hydrogen) atoms. The Balaban J connectivity index is 2.54. The van der Waals surface area contributed by atoms with E-state index in [2.05, 4.69) is 12.2 Å². The van der Waals surface area contributed by atoms with E-state index in [1.165, 1.54) is 19.3 Å². The highest BCUT2D eigenvalue weighted by Gasteiger charge is 2.12. The van der Waals surface area contributed by atoms with Gasteiger partial charge < -0.3 is 11.1 Å². The highest BCUT2D eigenvalue weighted by molar-refractivity contribution is 6.04. The zero-order valence-electron chi connectivity index (χ0n) is 12.4. The van der Waals surface area contributed by atoms with Crippen LogP contribution in [0.3, 0.4) is 0 Å². The summed E-state index contributed by atoms with van der Waals surface area (Å²) in [4.78, 5) is 23.3. The van der Waals surface area contributed by atoms with Crippen LogP contribution >= 0.6 is 0 Å². The van der Waals surface area contributed by atoms with Crippen LogP contribution < -0.4 is 11.1 Å². The summed E-state index contributed by atoms with van der Waals surface area (Å²) in [5.41, 5.74) is 7.04. The molecule has 3 N–H and O–H groups in total. The van der Waals surface area contributed by atoms with E-state index >= 15 is 0 Å². The predicted molar refractivity (Wildman–Crippen MR) is 81.7 cm³/mol. The summed E-state index contributed by atoms with van der Waals surface area (Å²) >= 11 is 0. The average molecular weight is 276 g/mol. The van der Waals surface area contributed by atoms with Gasteiger partial charge in [-0.3, -0.25) is 9.59 Å². The van der Waals surface area contributed by atoms with Gasteiger partial charge in [-0.15, -0.1) is 0 Å².